The van der Waals surface area contributed by atoms with E-state index in [1.54, 1.807) is 4.90 Å². The van der Waals surface area contributed by atoms with E-state index in [0.717, 1.165) is 25.9 Å². The number of hydrogen-bond acceptors (Lipinski definition) is 2. The van der Waals surface area contributed by atoms with Gasteiger partial charge in [0, 0.05) is 25.7 Å². The van der Waals surface area contributed by atoms with Crippen molar-refractivity contribution in [3.63, 3.8) is 0 Å². The van der Waals surface area contributed by atoms with Gasteiger partial charge in [0.2, 0.25) is 5.91 Å². The highest BCUT2D eigenvalue weighted by molar-refractivity contribution is 5.84. The van der Waals surface area contributed by atoms with Gasteiger partial charge in [-0.05, 0) is 33.6 Å². The maximum Gasteiger partial charge on any atom is 0.320 e. The molecule has 1 rings (SSSR count). The number of likely N-dealkylation sites (tertiary alicyclic amines) is 1. The molecule has 19 heavy (non-hydrogen) atoms. The van der Waals surface area contributed by atoms with E-state index < -0.39 is 0 Å². The van der Waals surface area contributed by atoms with Crippen LogP contribution >= 0.6 is 0 Å². The number of hydrogen-bond donors (Lipinski definition) is 1. The number of urea groups is 1. The molecule has 0 bridgehead atoms. The lowest BCUT2D eigenvalue weighted by atomic mass is 10.2. The van der Waals surface area contributed by atoms with Crippen molar-refractivity contribution in [1.82, 2.24) is 15.1 Å². The van der Waals surface area contributed by atoms with Gasteiger partial charge in [-0.15, -0.1) is 0 Å². The Bertz CT molecular complexity index is 297. The van der Waals surface area contributed by atoms with E-state index in [-0.39, 0.29) is 24.5 Å². The molecule has 0 radical (unpaired) electrons. The van der Waals surface area contributed by atoms with Crippen molar-refractivity contribution < 1.29 is 9.59 Å². The van der Waals surface area contributed by atoms with Crippen LogP contribution in [-0.4, -0.2) is 54.0 Å². The van der Waals surface area contributed by atoms with Crippen molar-refractivity contribution in [3.05, 3.63) is 0 Å². The fraction of sp³-hybridized carbons (Fsp3) is 0.857. The lowest BCUT2D eigenvalue weighted by Crippen LogP contribution is -2.48. The van der Waals surface area contributed by atoms with Gasteiger partial charge in [-0.1, -0.05) is 12.8 Å². The summed E-state index contributed by atoms with van der Waals surface area (Å²) in [7, 11) is 0. The van der Waals surface area contributed by atoms with E-state index in [1.165, 1.54) is 12.8 Å². The third kappa shape index (κ3) is 5.49. The predicted octanol–water partition coefficient (Wildman–Crippen LogP) is 1.83. The molecule has 0 unspecified atom stereocenters. The zero-order valence-electron chi connectivity index (χ0n) is 12.4. The van der Waals surface area contributed by atoms with Crippen LogP contribution < -0.4 is 5.32 Å². The minimum Gasteiger partial charge on any atom is -0.352 e. The SMILES string of the molecule is CCN(CC(=O)NC(C)C)C(=O)N1CCCCCC1. The van der Waals surface area contributed by atoms with Gasteiger partial charge in [0.25, 0.3) is 0 Å². The number of nitrogens with one attached hydrogen (secondary N) is 1. The number of nitrogens with zero attached hydrogens (tertiary/aromatic N) is 2. The zero-order chi connectivity index (χ0) is 14.3. The van der Waals surface area contributed by atoms with E-state index in [2.05, 4.69) is 5.32 Å². The third-order valence-corrected chi connectivity index (χ3v) is 3.31. The first kappa shape index (κ1) is 15.8. The van der Waals surface area contributed by atoms with E-state index >= 15 is 0 Å². The number of likely N-dealkylation sites (N-methyl/N-ethyl adjacent to an activating group) is 1. The second kappa shape index (κ2) is 8.02. The molecule has 0 aliphatic carbocycles. The standard InChI is InChI=1S/C14H27N3O2/c1-4-16(11-13(18)15-12(2)3)14(19)17-9-7-5-6-8-10-17/h12H,4-11H2,1-3H3,(H,15,18). The molecule has 5 heteroatoms. The smallest absolute Gasteiger partial charge is 0.320 e. The van der Waals surface area contributed by atoms with Crippen molar-refractivity contribution in [3.8, 4) is 0 Å². The third-order valence-electron chi connectivity index (χ3n) is 3.31. The topological polar surface area (TPSA) is 52.7 Å². The Morgan fingerprint density at radius 1 is 1.16 bits per heavy atom. The minimum atomic E-state index is -0.0833. The van der Waals surface area contributed by atoms with Gasteiger partial charge in [0.15, 0.2) is 0 Å². The van der Waals surface area contributed by atoms with E-state index in [4.69, 9.17) is 0 Å². The van der Waals surface area contributed by atoms with Crippen molar-refractivity contribution in [2.45, 2.75) is 52.5 Å². The Labute approximate surface area is 116 Å². The van der Waals surface area contributed by atoms with Crippen molar-refractivity contribution in [2.75, 3.05) is 26.2 Å². The fourth-order valence-corrected chi connectivity index (χ4v) is 2.32. The molecular formula is C14H27N3O2. The quantitative estimate of drug-likeness (QED) is 0.846. The first-order valence-corrected chi connectivity index (χ1v) is 7.37. The summed E-state index contributed by atoms with van der Waals surface area (Å²) in [6, 6.07) is 0.114. The average molecular weight is 269 g/mol. The van der Waals surface area contributed by atoms with Crippen LogP contribution in [0.3, 0.4) is 0 Å². The van der Waals surface area contributed by atoms with Crippen LogP contribution in [0.15, 0.2) is 0 Å². The molecule has 110 valence electrons. The monoisotopic (exact) mass is 269 g/mol. The van der Waals surface area contributed by atoms with Crippen LogP contribution in [0, 0.1) is 0 Å². The number of amides is 3. The van der Waals surface area contributed by atoms with Crippen molar-refractivity contribution in [1.29, 1.82) is 0 Å². The Morgan fingerprint density at radius 3 is 2.21 bits per heavy atom. The normalized spacial score (nSPS) is 16.1. The summed E-state index contributed by atoms with van der Waals surface area (Å²) in [5, 5.41) is 2.83. The van der Waals surface area contributed by atoms with Crippen LogP contribution in [-0.2, 0) is 4.79 Å². The predicted molar refractivity (Wildman–Crippen MR) is 76.0 cm³/mol. The Hall–Kier alpha value is -1.26. The molecule has 1 fully saturated rings. The molecule has 0 aromatic rings. The molecule has 5 nitrogen and oxygen atoms in total. The summed E-state index contributed by atoms with van der Waals surface area (Å²) in [4.78, 5) is 27.6. The van der Waals surface area contributed by atoms with Gasteiger partial charge in [-0.2, -0.15) is 0 Å². The highest BCUT2D eigenvalue weighted by atomic mass is 16.2. The van der Waals surface area contributed by atoms with E-state index in [0.29, 0.717) is 6.54 Å². The minimum absolute atomic E-state index is 0.00306. The molecule has 0 aromatic heterocycles. The number of rotatable bonds is 4. The molecule has 1 aliphatic rings. The molecule has 0 aromatic carbocycles. The van der Waals surface area contributed by atoms with Gasteiger partial charge in [-0.3, -0.25) is 4.79 Å². The summed E-state index contributed by atoms with van der Waals surface area (Å²) in [6.45, 7) is 8.13. The summed E-state index contributed by atoms with van der Waals surface area (Å²) < 4.78 is 0. The number of carbonyl (C=O) groups excluding carboxylic acids is 2. The van der Waals surface area contributed by atoms with Crippen LogP contribution in [0.4, 0.5) is 4.79 Å². The van der Waals surface area contributed by atoms with Crippen LogP contribution in [0.2, 0.25) is 0 Å². The lowest BCUT2D eigenvalue weighted by Gasteiger charge is -2.29. The first-order chi connectivity index (χ1) is 9.04. The molecule has 1 N–H and O–H groups in total. The van der Waals surface area contributed by atoms with Gasteiger partial charge >= 0.3 is 6.03 Å². The van der Waals surface area contributed by atoms with E-state index in [1.807, 2.05) is 25.7 Å². The average Bonchev–Trinajstić information content (AvgIpc) is 2.63. The molecular weight excluding hydrogens is 242 g/mol. The molecule has 1 saturated heterocycles. The largest absolute Gasteiger partial charge is 0.352 e. The molecule has 0 atom stereocenters. The molecule has 3 amide bonds. The maximum atomic E-state index is 12.4. The highest BCUT2D eigenvalue weighted by Gasteiger charge is 2.22. The Kier molecular flexibility index (Phi) is 6.67. The van der Waals surface area contributed by atoms with Gasteiger partial charge in [0.1, 0.15) is 6.54 Å². The molecule has 1 heterocycles. The highest BCUT2D eigenvalue weighted by Crippen LogP contribution is 2.11. The lowest BCUT2D eigenvalue weighted by molar-refractivity contribution is -0.122. The van der Waals surface area contributed by atoms with Crippen LogP contribution in [0.5, 0.6) is 0 Å². The van der Waals surface area contributed by atoms with Crippen molar-refractivity contribution in [2.24, 2.45) is 0 Å². The fourth-order valence-electron chi connectivity index (χ4n) is 2.32. The van der Waals surface area contributed by atoms with Gasteiger partial charge < -0.3 is 15.1 Å². The second-order valence-electron chi connectivity index (χ2n) is 5.42. The Morgan fingerprint density at radius 2 is 1.74 bits per heavy atom. The van der Waals surface area contributed by atoms with Crippen LogP contribution in [0.25, 0.3) is 0 Å². The zero-order valence-corrected chi connectivity index (χ0v) is 12.4. The summed E-state index contributed by atoms with van der Waals surface area (Å²) in [6.07, 6.45) is 4.54. The van der Waals surface area contributed by atoms with Gasteiger partial charge in [-0.25, -0.2) is 4.79 Å². The molecule has 1 aliphatic heterocycles. The molecule has 0 saturated carbocycles. The van der Waals surface area contributed by atoms with E-state index in [9.17, 15) is 9.59 Å². The van der Waals surface area contributed by atoms with Crippen molar-refractivity contribution >= 4 is 11.9 Å². The maximum absolute atomic E-state index is 12.4. The van der Waals surface area contributed by atoms with Gasteiger partial charge in [0.05, 0.1) is 0 Å². The second-order valence-corrected chi connectivity index (χ2v) is 5.42. The summed E-state index contributed by atoms with van der Waals surface area (Å²) >= 11 is 0. The molecule has 0 spiro atoms. The summed E-state index contributed by atoms with van der Waals surface area (Å²) in [5.41, 5.74) is 0. The first-order valence-electron chi connectivity index (χ1n) is 7.37. The Balaban J connectivity index is 2.52. The number of carbonyl (C=O) groups is 2. The van der Waals surface area contributed by atoms with Crippen LogP contribution in [0.1, 0.15) is 46.5 Å². The summed E-state index contributed by atoms with van der Waals surface area (Å²) in [5.74, 6) is -0.0833.